The lowest BCUT2D eigenvalue weighted by Gasteiger charge is -2.36. The lowest BCUT2D eigenvalue weighted by Crippen LogP contribution is -2.49. The molecule has 2 heterocycles. The average Bonchev–Trinajstić information content (AvgIpc) is 2.79. The molecule has 1 N–H and O–H groups in total. The summed E-state index contributed by atoms with van der Waals surface area (Å²) >= 11 is 0. The highest BCUT2D eigenvalue weighted by atomic mass is 16.5. The van der Waals surface area contributed by atoms with Crippen LogP contribution in [0.4, 0.5) is 5.69 Å². The molecule has 7 nitrogen and oxygen atoms in total. The Bertz CT molecular complexity index is 1110. The van der Waals surface area contributed by atoms with E-state index in [1.54, 1.807) is 53.6 Å². The maximum absolute atomic E-state index is 13.0. The molecule has 1 aliphatic heterocycles. The van der Waals surface area contributed by atoms with E-state index in [-0.39, 0.29) is 11.5 Å². The number of piperazine rings is 1. The van der Waals surface area contributed by atoms with E-state index in [9.17, 15) is 14.7 Å². The molecule has 7 heteroatoms. The number of carboxylic acids is 1. The Hall–Kier alpha value is -3.87. The standard InChI is InChI=1S/C24H23N3O4/c1-17-9-10-25-22(15-17)31-19-6-4-5-18(16-19)23(28)27-13-11-26(12-14-27)21-8-3-2-7-20(21)24(29)30/h2-10,15-16H,11-14H2,1H3,(H,29,30). The molecule has 1 aliphatic rings. The van der Waals surface area contributed by atoms with Crippen molar-refractivity contribution in [1.82, 2.24) is 9.88 Å². The van der Waals surface area contributed by atoms with E-state index in [2.05, 4.69) is 4.98 Å². The minimum Gasteiger partial charge on any atom is -0.478 e. The lowest BCUT2D eigenvalue weighted by molar-refractivity contribution is 0.0693. The molecule has 3 aromatic rings. The van der Waals surface area contributed by atoms with Gasteiger partial charge in [-0.3, -0.25) is 4.79 Å². The van der Waals surface area contributed by atoms with Crippen LogP contribution in [-0.2, 0) is 0 Å². The number of anilines is 1. The normalized spacial score (nSPS) is 13.7. The Morgan fingerprint density at radius 3 is 2.48 bits per heavy atom. The van der Waals surface area contributed by atoms with Gasteiger partial charge in [0.1, 0.15) is 5.75 Å². The van der Waals surface area contributed by atoms with Gasteiger partial charge in [-0.25, -0.2) is 9.78 Å². The quantitative estimate of drug-likeness (QED) is 0.679. The molecular weight excluding hydrogens is 394 g/mol. The first-order valence-electron chi connectivity index (χ1n) is 10.1. The van der Waals surface area contributed by atoms with Crippen LogP contribution in [0.3, 0.4) is 0 Å². The Kier molecular flexibility index (Phi) is 5.84. The first-order chi connectivity index (χ1) is 15.0. The fraction of sp³-hybridized carbons (Fsp3) is 0.208. The van der Waals surface area contributed by atoms with Crippen LogP contribution in [0.1, 0.15) is 26.3 Å². The largest absolute Gasteiger partial charge is 0.478 e. The van der Waals surface area contributed by atoms with Crippen molar-refractivity contribution in [3.05, 3.63) is 83.6 Å². The third kappa shape index (κ3) is 4.66. The van der Waals surface area contributed by atoms with Crippen molar-refractivity contribution >= 4 is 17.6 Å². The number of ether oxygens (including phenoxy) is 1. The molecule has 1 amide bonds. The van der Waals surface area contributed by atoms with Crippen molar-refractivity contribution in [1.29, 1.82) is 0 Å². The van der Waals surface area contributed by atoms with Crippen LogP contribution < -0.4 is 9.64 Å². The van der Waals surface area contributed by atoms with Crippen molar-refractivity contribution < 1.29 is 19.4 Å². The number of aryl methyl sites for hydroxylation is 1. The van der Waals surface area contributed by atoms with Gasteiger partial charge in [0, 0.05) is 44.0 Å². The number of aromatic nitrogens is 1. The number of carboxylic acid groups (broad SMARTS) is 1. The van der Waals surface area contributed by atoms with Gasteiger partial charge >= 0.3 is 5.97 Å². The molecule has 0 unspecified atom stereocenters. The summed E-state index contributed by atoms with van der Waals surface area (Å²) in [7, 11) is 0. The van der Waals surface area contributed by atoms with E-state index < -0.39 is 5.97 Å². The maximum Gasteiger partial charge on any atom is 0.337 e. The first kappa shape index (κ1) is 20.4. The highest BCUT2D eigenvalue weighted by Gasteiger charge is 2.24. The minimum absolute atomic E-state index is 0.0752. The molecular formula is C24H23N3O4. The summed E-state index contributed by atoms with van der Waals surface area (Å²) in [5, 5.41) is 9.42. The van der Waals surface area contributed by atoms with Crippen LogP contribution >= 0.6 is 0 Å². The molecule has 0 aliphatic carbocycles. The summed E-state index contributed by atoms with van der Waals surface area (Å²) in [6.45, 7) is 4.12. The summed E-state index contributed by atoms with van der Waals surface area (Å²) in [5.74, 6) is 0.0103. The van der Waals surface area contributed by atoms with Crippen LogP contribution in [0, 0.1) is 6.92 Å². The number of benzene rings is 2. The second-order valence-electron chi connectivity index (χ2n) is 7.40. The van der Waals surface area contributed by atoms with E-state index in [4.69, 9.17) is 4.74 Å². The number of carbonyl (C=O) groups excluding carboxylic acids is 1. The molecule has 1 fully saturated rings. The summed E-state index contributed by atoms with van der Waals surface area (Å²) < 4.78 is 5.80. The molecule has 0 bridgehead atoms. The van der Waals surface area contributed by atoms with Crippen LogP contribution in [0.25, 0.3) is 0 Å². The van der Waals surface area contributed by atoms with Gasteiger partial charge in [0.2, 0.25) is 5.88 Å². The third-order valence-electron chi connectivity index (χ3n) is 5.24. The zero-order chi connectivity index (χ0) is 21.8. The highest BCUT2D eigenvalue weighted by Crippen LogP contribution is 2.24. The number of hydrogen-bond acceptors (Lipinski definition) is 5. The van der Waals surface area contributed by atoms with E-state index in [0.717, 1.165) is 5.56 Å². The van der Waals surface area contributed by atoms with Gasteiger partial charge in [-0.15, -0.1) is 0 Å². The SMILES string of the molecule is Cc1ccnc(Oc2cccc(C(=O)N3CCN(c4ccccc4C(=O)O)CC3)c2)c1. The Labute approximate surface area is 180 Å². The molecule has 158 valence electrons. The molecule has 1 saturated heterocycles. The molecule has 0 spiro atoms. The summed E-state index contributed by atoms with van der Waals surface area (Å²) in [5.41, 5.74) is 2.55. The number of pyridine rings is 1. The van der Waals surface area contributed by atoms with Gasteiger partial charge < -0.3 is 19.6 Å². The number of nitrogens with zero attached hydrogens (tertiary/aromatic N) is 3. The lowest BCUT2D eigenvalue weighted by atomic mass is 10.1. The molecule has 2 aromatic carbocycles. The fourth-order valence-electron chi connectivity index (χ4n) is 3.64. The van der Waals surface area contributed by atoms with Crippen molar-refractivity contribution in [2.24, 2.45) is 0 Å². The van der Waals surface area contributed by atoms with Gasteiger partial charge in [0.05, 0.1) is 11.3 Å². The monoisotopic (exact) mass is 417 g/mol. The van der Waals surface area contributed by atoms with Crippen molar-refractivity contribution in [3.8, 4) is 11.6 Å². The first-order valence-corrected chi connectivity index (χ1v) is 10.1. The maximum atomic E-state index is 13.0. The third-order valence-corrected chi connectivity index (χ3v) is 5.24. The molecule has 31 heavy (non-hydrogen) atoms. The van der Waals surface area contributed by atoms with Crippen molar-refractivity contribution in [2.75, 3.05) is 31.1 Å². The number of aromatic carboxylic acids is 1. The van der Waals surface area contributed by atoms with Gasteiger partial charge in [0.25, 0.3) is 5.91 Å². The van der Waals surface area contributed by atoms with E-state index in [1.165, 1.54) is 0 Å². The van der Waals surface area contributed by atoms with Crippen LogP contribution in [0.5, 0.6) is 11.6 Å². The summed E-state index contributed by atoms with van der Waals surface area (Å²) in [6, 6.07) is 17.7. The van der Waals surface area contributed by atoms with Crippen LogP contribution in [0.15, 0.2) is 66.9 Å². The topological polar surface area (TPSA) is 83.0 Å². The number of hydrogen-bond donors (Lipinski definition) is 1. The number of rotatable bonds is 5. The highest BCUT2D eigenvalue weighted by molar-refractivity contribution is 5.96. The Morgan fingerprint density at radius 1 is 0.968 bits per heavy atom. The molecule has 1 aromatic heterocycles. The van der Waals surface area contributed by atoms with Crippen molar-refractivity contribution in [3.63, 3.8) is 0 Å². The van der Waals surface area contributed by atoms with Gasteiger partial charge in [-0.2, -0.15) is 0 Å². The van der Waals surface area contributed by atoms with Gasteiger partial charge in [-0.1, -0.05) is 18.2 Å². The van der Waals surface area contributed by atoms with E-state index in [0.29, 0.717) is 49.1 Å². The molecule has 0 radical (unpaired) electrons. The van der Waals surface area contributed by atoms with Crippen LogP contribution in [-0.4, -0.2) is 53.0 Å². The predicted octanol–water partition coefficient (Wildman–Crippen LogP) is 3.84. The Balaban J connectivity index is 1.43. The molecule has 4 rings (SSSR count). The Morgan fingerprint density at radius 2 is 1.74 bits per heavy atom. The van der Waals surface area contributed by atoms with Crippen LogP contribution in [0.2, 0.25) is 0 Å². The van der Waals surface area contributed by atoms with E-state index in [1.807, 2.05) is 30.0 Å². The summed E-state index contributed by atoms with van der Waals surface area (Å²) in [4.78, 5) is 32.5. The zero-order valence-electron chi connectivity index (χ0n) is 17.2. The predicted molar refractivity (Wildman–Crippen MR) is 117 cm³/mol. The van der Waals surface area contributed by atoms with Gasteiger partial charge in [-0.05, 0) is 48.9 Å². The second-order valence-corrected chi connectivity index (χ2v) is 7.40. The number of amides is 1. The second kappa shape index (κ2) is 8.87. The van der Waals surface area contributed by atoms with Crippen molar-refractivity contribution in [2.45, 2.75) is 6.92 Å². The zero-order valence-corrected chi connectivity index (χ0v) is 17.2. The van der Waals surface area contributed by atoms with E-state index >= 15 is 0 Å². The summed E-state index contributed by atoms with van der Waals surface area (Å²) in [6.07, 6.45) is 1.68. The van der Waals surface area contributed by atoms with Gasteiger partial charge in [0.15, 0.2) is 0 Å². The number of carbonyl (C=O) groups is 2. The average molecular weight is 417 g/mol. The fourth-order valence-corrected chi connectivity index (χ4v) is 3.64. The number of para-hydroxylation sites is 1. The molecule has 0 saturated carbocycles. The molecule has 0 atom stereocenters. The minimum atomic E-state index is -0.950. The smallest absolute Gasteiger partial charge is 0.337 e.